The quantitative estimate of drug-likeness (QED) is 0.167. The Hall–Kier alpha value is -6.76. The zero-order valence-corrected chi connectivity index (χ0v) is 28.7. The van der Waals surface area contributed by atoms with Gasteiger partial charge >= 0.3 is 0 Å². The lowest BCUT2D eigenvalue weighted by Crippen LogP contribution is -1.93. The Bertz CT molecular complexity index is 2720. The number of benzene rings is 9. The molecule has 0 saturated heterocycles. The highest BCUT2D eigenvalue weighted by Crippen LogP contribution is 2.59. The molecule has 52 heavy (non-hydrogen) atoms. The van der Waals surface area contributed by atoms with Crippen molar-refractivity contribution in [2.75, 3.05) is 0 Å². The zero-order chi connectivity index (χ0) is 34.6. The van der Waals surface area contributed by atoms with Gasteiger partial charge in [-0.15, -0.1) is 0 Å². The minimum atomic E-state index is 1.11. The Labute approximate surface area is 304 Å². The maximum Gasteiger partial charge on any atom is -0.000740 e. The summed E-state index contributed by atoms with van der Waals surface area (Å²) in [5.74, 6) is 0. The van der Waals surface area contributed by atoms with Gasteiger partial charge in [0.05, 0.1) is 0 Å². The van der Waals surface area contributed by atoms with Gasteiger partial charge in [-0.1, -0.05) is 201 Å². The molecule has 0 radical (unpaired) electrons. The predicted molar refractivity (Wildman–Crippen MR) is 223 cm³/mol. The predicted octanol–water partition coefficient (Wildman–Crippen LogP) is 14.6. The van der Waals surface area contributed by atoms with Crippen LogP contribution in [-0.2, 0) is 0 Å². The molecule has 0 unspecified atom stereocenters. The molecule has 0 heteroatoms. The molecule has 0 aliphatic heterocycles. The molecule has 0 fully saturated rings. The molecule has 0 nitrogen and oxygen atoms in total. The Kier molecular flexibility index (Phi) is 7.08. The lowest BCUT2D eigenvalue weighted by molar-refractivity contribution is 1.59. The molecule has 0 amide bonds. The van der Waals surface area contributed by atoms with Gasteiger partial charge in [0.25, 0.3) is 0 Å². The second kappa shape index (κ2) is 12.2. The minimum Gasteiger partial charge on any atom is -0.0985 e. The molecule has 1 aliphatic carbocycles. The van der Waals surface area contributed by atoms with Crippen molar-refractivity contribution < 1.29 is 0 Å². The summed E-state index contributed by atoms with van der Waals surface area (Å²) in [6.45, 7) is 4.02. The summed E-state index contributed by atoms with van der Waals surface area (Å²) in [4.78, 5) is 0. The summed E-state index contributed by atoms with van der Waals surface area (Å²) in [5.41, 5.74) is 18.7. The molecule has 0 spiro atoms. The van der Waals surface area contributed by atoms with E-state index < -0.39 is 0 Å². The van der Waals surface area contributed by atoms with Gasteiger partial charge in [0.2, 0.25) is 0 Å². The number of hydrogen-bond acceptors (Lipinski definition) is 0. The van der Waals surface area contributed by atoms with Gasteiger partial charge in [0, 0.05) is 0 Å². The first kappa shape index (κ1) is 30.1. The van der Waals surface area contributed by atoms with Crippen LogP contribution < -0.4 is 0 Å². The van der Waals surface area contributed by atoms with Crippen molar-refractivity contribution in [2.24, 2.45) is 0 Å². The fourth-order valence-electron chi connectivity index (χ4n) is 8.55. The molecule has 0 heterocycles. The molecule has 9 aromatic rings. The Morgan fingerprint density at radius 2 is 0.673 bits per heavy atom. The topological polar surface area (TPSA) is 0 Å². The summed E-state index contributed by atoms with van der Waals surface area (Å²) in [6, 6.07) is 68.9. The van der Waals surface area contributed by atoms with E-state index in [0.717, 1.165) is 5.56 Å². The van der Waals surface area contributed by atoms with Gasteiger partial charge in [-0.25, -0.2) is 0 Å². The largest absolute Gasteiger partial charge is 0.0985 e. The third-order valence-electron chi connectivity index (χ3n) is 10.8. The lowest BCUT2D eigenvalue weighted by Gasteiger charge is -2.20. The lowest BCUT2D eigenvalue weighted by atomic mass is 9.82. The molecule has 0 saturated carbocycles. The monoisotopic (exact) mass is 658 g/mol. The second-order valence-electron chi connectivity index (χ2n) is 13.6. The molecule has 0 bridgehead atoms. The van der Waals surface area contributed by atoms with Gasteiger partial charge in [0.15, 0.2) is 0 Å². The van der Waals surface area contributed by atoms with Crippen LogP contribution in [0.3, 0.4) is 0 Å². The van der Waals surface area contributed by atoms with E-state index in [1.807, 2.05) is 6.08 Å². The van der Waals surface area contributed by atoms with Crippen LogP contribution in [0.15, 0.2) is 195 Å². The Morgan fingerprint density at radius 3 is 1.21 bits per heavy atom. The molecule has 0 aromatic heterocycles. The van der Waals surface area contributed by atoms with Gasteiger partial charge in [-0.2, -0.15) is 0 Å². The first-order chi connectivity index (χ1) is 25.8. The molecular weight excluding hydrogens is 625 g/mol. The van der Waals surface area contributed by atoms with Crippen molar-refractivity contribution in [2.45, 2.75) is 0 Å². The van der Waals surface area contributed by atoms with E-state index >= 15 is 0 Å². The number of rotatable bonds is 6. The van der Waals surface area contributed by atoms with Crippen LogP contribution in [0.25, 0.3) is 106 Å². The van der Waals surface area contributed by atoms with Crippen LogP contribution in [0, 0.1) is 0 Å². The van der Waals surface area contributed by atoms with Gasteiger partial charge < -0.3 is 0 Å². The Balaban J connectivity index is 1.39. The highest BCUT2D eigenvalue weighted by atomic mass is 14.3. The van der Waals surface area contributed by atoms with Crippen LogP contribution in [0.4, 0.5) is 0 Å². The van der Waals surface area contributed by atoms with Crippen molar-refractivity contribution in [1.29, 1.82) is 0 Å². The van der Waals surface area contributed by atoms with Crippen LogP contribution >= 0.6 is 0 Å². The van der Waals surface area contributed by atoms with Crippen molar-refractivity contribution in [3.8, 4) is 77.9 Å². The van der Waals surface area contributed by atoms with E-state index in [1.54, 1.807) is 0 Å². The average Bonchev–Trinajstić information content (AvgIpc) is 3.55. The standard InChI is InChI=1S/C52H34/c1-2-34-26-28-36(29-27-34)40-30-32-45-50-46(33-31-44(49(40)50)41-23-13-12-22-39(41)35-16-6-3-7-17-35)52-48(38-20-10-5-11-21-38)43-25-15-14-24-42(43)47(51(45)52)37-18-8-4-9-19-37/h2-33H,1H2. The molecule has 242 valence electrons. The molecule has 0 N–H and O–H groups in total. The normalized spacial score (nSPS) is 11.5. The number of hydrogen-bond donors (Lipinski definition) is 0. The molecule has 0 atom stereocenters. The van der Waals surface area contributed by atoms with E-state index in [4.69, 9.17) is 0 Å². The maximum absolute atomic E-state index is 4.02. The summed E-state index contributed by atoms with van der Waals surface area (Å²) >= 11 is 0. The highest BCUT2D eigenvalue weighted by Gasteiger charge is 2.32. The van der Waals surface area contributed by atoms with E-state index in [-0.39, 0.29) is 0 Å². The van der Waals surface area contributed by atoms with Crippen molar-refractivity contribution in [3.63, 3.8) is 0 Å². The van der Waals surface area contributed by atoms with Crippen LogP contribution in [0.2, 0.25) is 0 Å². The van der Waals surface area contributed by atoms with E-state index in [2.05, 4.69) is 195 Å². The zero-order valence-electron chi connectivity index (χ0n) is 28.7. The molecular formula is C52H34. The smallest absolute Gasteiger partial charge is 0.000740 e. The second-order valence-corrected chi connectivity index (χ2v) is 13.6. The number of fused-ring (bicyclic) bond motifs is 4. The molecule has 1 aliphatic rings. The minimum absolute atomic E-state index is 1.11. The average molecular weight is 659 g/mol. The maximum atomic E-state index is 4.02. The van der Waals surface area contributed by atoms with Gasteiger partial charge in [-0.05, 0) is 105 Å². The third-order valence-corrected chi connectivity index (χ3v) is 10.8. The van der Waals surface area contributed by atoms with E-state index in [1.165, 1.54) is 99.4 Å². The Morgan fingerprint density at radius 1 is 0.269 bits per heavy atom. The highest BCUT2D eigenvalue weighted by molar-refractivity contribution is 6.30. The van der Waals surface area contributed by atoms with Gasteiger partial charge in [0.1, 0.15) is 0 Å². The van der Waals surface area contributed by atoms with Crippen LogP contribution in [0.1, 0.15) is 5.56 Å². The van der Waals surface area contributed by atoms with Gasteiger partial charge in [-0.3, -0.25) is 0 Å². The fourth-order valence-corrected chi connectivity index (χ4v) is 8.55. The first-order valence-corrected chi connectivity index (χ1v) is 18.0. The molecule has 10 rings (SSSR count). The third kappa shape index (κ3) is 4.62. The summed E-state index contributed by atoms with van der Waals surface area (Å²) < 4.78 is 0. The fraction of sp³-hybridized carbons (Fsp3) is 0. The van der Waals surface area contributed by atoms with Crippen molar-refractivity contribution in [3.05, 3.63) is 200 Å². The van der Waals surface area contributed by atoms with E-state index in [9.17, 15) is 0 Å². The van der Waals surface area contributed by atoms with Crippen molar-refractivity contribution in [1.82, 2.24) is 0 Å². The first-order valence-electron chi connectivity index (χ1n) is 18.0. The molecule has 9 aromatic carbocycles. The SMILES string of the molecule is C=Cc1ccc(-c2ccc3c4c(ccc(-c5ccccc5-c5ccccc5)c24)-c2c-3c(-c3ccccc3)c3ccccc3c2-c2ccccc2)cc1. The summed E-state index contributed by atoms with van der Waals surface area (Å²) in [5, 5.41) is 5.13. The van der Waals surface area contributed by atoms with Crippen LogP contribution in [0.5, 0.6) is 0 Å². The van der Waals surface area contributed by atoms with E-state index in [0.29, 0.717) is 0 Å². The van der Waals surface area contributed by atoms with Crippen LogP contribution in [-0.4, -0.2) is 0 Å². The summed E-state index contributed by atoms with van der Waals surface area (Å²) in [7, 11) is 0. The summed E-state index contributed by atoms with van der Waals surface area (Å²) in [6.07, 6.45) is 1.91. The van der Waals surface area contributed by atoms with Crippen molar-refractivity contribution >= 4 is 27.6 Å².